The van der Waals surface area contributed by atoms with Crippen LogP contribution in [0.4, 0.5) is 0 Å². The monoisotopic (exact) mass is 275 g/mol. The molecule has 2 rings (SSSR count). The lowest BCUT2D eigenvalue weighted by atomic mass is 10.1. The molecule has 0 radical (unpaired) electrons. The molecule has 1 aromatic carbocycles. The van der Waals surface area contributed by atoms with E-state index in [4.69, 9.17) is 4.42 Å². The first kappa shape index (κ1) is 15.1. The van der Waals surface area contributed by atoms with Crippen LogP contribution in [0, 0.1) is 0 Å². The van der Waals surface area contributed by atoms with E-state index >= 15 is 0 Å². The molecule has 0 spiro atoms. The highest BCUT2D eigenvalue weighted by Gasteiger charge is 2.15. The van der Waals surface area contributed by atoms with Crippen LogP contribution in [-0.4, -0.2) is 23.3 Å². The number of fused-ring (bicyclic) bond motifs is 1. The summed E-state index contributed by atoms with van der Waals surface area (Å²) in [5.74, 6) is 0.851. The Morgan fingerprint density at radius 2 is 2.05 bits per heavy atom. The number of aryl methyl sites for hydroxylation is 1. The molecule has 0 aliphatic rings. The number of nitrogens with one attached hydrogen (secondary N) is 1. The van der Waals surface area contributed by atoms with Gasteiger partial charge in [0.05, 0.1) is 6.10 Å². The Hall–Kier alpha value is -1.32. The van der Waals surface area contributed by atoms with Crippen molar-refractivity contribution in [3.05, 3.63) is 35.6 Å². The molecule has 3 nitrogen and oxygen atoms in total. The minimum atomic E-state index is -0.431. The summed E-state index contributed by atoms with van der Waals surface area (Å²) in [5, 5.41) is 14.5. The second kappa shape index (κ2) is 5.98. The second-order valence-corrected chi connectivity index (χ2v) is 6.39. The molecule has 0 amide bonds. The average Bonchev–Trinajstić information content (AvgIpc) is 2.77. The summed E-state index contributed by atoms with van der Waals surface area (Å²) in [6.45, 7) is 8.97. The number of rotatable bonds is 5. The van der Waals surface area contributed by atoms with Crippen molar-refractivity contribution >= 4 is 11.0 Å². The molecule has 20 heavy (non-hydrogen) atoms. The molecule has 0 saturated carbocycles. The number of aliphatic hydroxyl groups excluding tert-OH is 1. The van der Waals surface area contributed by atoms with Crippen LogP contribution in [0.2, 0.25) is 0 Å². The van der Waals surface area contributed by atoms with Gasteiger partial charge in [0.25, 0.3) is 0 Å². The average molecular weight is 275 g/mol. The zero-order valence-corrected chi connectivity index (χ0v) is 12.9. The maximum Gasteiger partial charge on any atom is 0.137 e. The molecule has 110 valence electrons. The Morgan fingerprint density at radius 3 is 2.70 bits per heavy atom. The van der Waals surface area contributed by atoms with Gasteiger partial charge in [0, 0.05) is 23.9 Å². The lowest BCUT2D eigenvalue weighted by Gasteiger charge is -2.22. The fourth-order valence-electron chi connectivity index (χ4n) is 2.28. The smallest absolute Gasteiger partial charge is 0.137 e. The van der Waals surface area contributed by atoms with Crippen LogP contribution in [0.25, 0.3) is 11.0 Å². The summed E-state index contributed by atoms with van der Waals surface area (Å²) >= 11 is 0. The molecule has 1 unspecified atom stereocenters. The summed E-state index contributed by atoms with van der Waals surface area (Å²) < 4.78 is 5.90. The number of β-amino-alcohol motifs (C(OH)–C–C–N with tert-alkyl or cyclic N) is 1. The van der Waals surface area contributed by atoms with E-state index in [2.05, 4.69) is 51.2 Å². The van der Waals surface area contributed by atoms with Gasteiger partial charge in [-0.1, -0.05) is 25.1 Å². The molecular weight excluding hydrogens is 250 g/mol. The van der Waals surface area contributed by atoms with Crippen LogP contribution in [0.5, 0.6) is 0 Å². The lowest BCUT2D eigenvalue weighted by Crippen LogP contribution is -2.41. The quantitative estimate of drug-likeness (QED) is 0.880. The van der Waals surface area contributed by atoms with E-state index in [0.717, 1.165) is 23.2 Å². The van der Waals surface area contributed by atoms with Crippen LogP contribution in [0.3, 0.4) is 0 Å². The number of hydrogen-bond acceptors (Lipinski definition) is 3. The predicted octanol–water partition coefficient (Wildman–Crippen LogP) is 3.29. The molecular formula is C17H25NO2. The highest BCUT2D eigenvalue weighted by atomic mass is 16.3. The Morgan fingerprint density at radius 1 is 1.30 bits per heavy atom. The van der Waals surface area contributed by atoms with Gasteiger partial charge in [0.15, 0.2) is 0 Å². The van der Waals surface area contributed by atoms with E-state index in [1.165, 1.54) is 5.56 Å². The van der Waals surface area contributed by atoms with Crippen molar-refractivity contribution in [3.8, 4) is 0 Å². The largest absolute Gasteiger partial charge is 0.461 e. The predicted molar refractivity (Wildman–Crippen MR) is 83.1 cm³/mol. The van der Waals surface area contributed by atoms with E-state index in [-0.39, 0.29) is 5.54 Å². The number of benzene rings is 1. The number of hydrogen-bond donors (Lipinski definition) is 2. The minimum absolute atomic E-state index is 0.0181. The minimum Gasteiger partial charge on any atom is -0.461 e. The molecule has 1 aromatic heterocycles. The van der Waals surface area contributed by atoms with Crippen molar-refractivity contribution in [2.45, 2.75) is 52.2 Å². The van der Waals surface area contributed by atoms with Crippen LogP contribution >= 0.6 is 0 Å². The second-order valence-electron chi connectivity index (χ2n) is 6.39. The van der Waals surface area contributed by atoms with Crippen molar-refractivity contribution in [2.75, 3.05) is 6.54 Å². The van der Waals surface area contributed by atoms with E-state index in [1.807, 2.05) is 6.07 Å². The molecule has 0 aliphatic carbocycles. The standard InChI is InChI=1S/C17H25NO2/c1-5-12-7-6-8-13-9-15(20-16(12)13)10-14(19)11-18-17(2,3)4/h6-9,14,18-19H,5,10-11H2,1-4H3. The molecule has 0 fully saturated rings. The molecule has 1 atom stereocenters. The normalized spacial score (nSPS) is 13.8. The highest BCUT2D eigenvalue weighted by molar-refractivity contribution is 5.81. The molecule has 2 N–H and O–H groups in total. The molecule has 0 aliphatic heterocycles. The van der Waals surface area contributed by atoms with Crippen LogP contribution < -0.4 is 5.32 Å². The van der Waals surface area contributed by atoms with Crippen molar-refractivity contribution in [3.63, 3.8) is 0 Å². The number of furan rings is 1. The summed E-state index contributed by atoms with van der Waals surface area (Å²) in [6.07, 6.45) is 1.07. The van der Waals surface area contributed by atoms with E-state index < -0.39 is 6.10 Å². The maximum absolute atomic E-state index is 10.1. The van der Waals surface area contributed by atoms with Gasteiger partial charge < -0.3 is 14.8 Å². The third kappa shape index (κ3) is 3.84. The van der Waals surface area contributed by atoms with Gasteiger partial charge in [-0.3, -0.25) is 0 Å². The van der Waals surface area contributed by atoms with Gasteiger partial charge in [0.1, 0.15) is 11.3 Å². The lowest BCUT2D eigenvalue weighted by molar-refractivity contribution is 0.155. The van der Waals surface area contributed by atoms with E-state index in [9.17, 15) is 5.11 Å². The van der Waals surface area contributed by atoms with Gasteiger partial charge in [-0.15, -0.1) is 0 Å². The third-order valence-corrected chi connectivity index (χ3v) is 3.36. The Balaban J connectivity index is 2.06. The van der Waals surface area contributed by atoms with Gasteiger partial charge >= 0.3 is 0 Å². The van der Waals surface area contributed by atoms with Crippen LogP contribution in [-0.2, 0) is 12.8 Å². The van der Waals surface area contributed by atoms with Gasteiger partial charge in [-0.25, -0.2) is 0 Å². The summed E-state index contributed by atoms with van der Waals surface area (Å²) in [6, 6.07) is 8.24. The highest BCUT2D eigenvalue weighted by Crippen LogP contribution is 2.24. The maximum atomic E-state index is 10.1. The molecule has 0 bridgehead atoms. The Bertz CT molecular complexity index is 566. The zero-order valence-electron chi connectivity index (χ0n) is 12.9. The van der Waals surface area contributed by atoms with Gasteiger partial charge in [-0.2, -0.15) is 0 Å². The first-order valence-corrected chi connectivity index (χ1v) is 7.32. The summed E-state index contributed by atoms with van der Waals surface area (Å²) in [7, 11) is 0. The Kier molecular flexibility index (Phi) is 4.51. The number of para-hydroxylation sites is 1. The summed E-state index contributed by atoms with van der Waals surface area (Å²) in [4.78, 5) is 0. The van der Waals surface area contributed by atoms with Gasteiger partial charge in [0.2, 0.25) is 0 Å². The van der Waals surface area contributed by atoms with E-state index in [1.54, 1.807) is 0 Å². The fraction of sp³-hybridized carbons (Fsp3) is 0.529. The molecule has 2 aromatic rings. The first-order chi connectivity index (χ1) is 9.39. The van der Waals surface area contributed by atoms with Crippen LogP contribution in [0.15, 0.2) is 28.7 Å². The number of aliphatic hydroxyl groups is 1. The summed E-state index contributed by atoms with van der Waals surface area (Å²) in [5.41, 5.74) is 2.20. The van der Waals surface area contributed by atoms with Gasteiger partial charge in [-0.05, 0) is 38.8 Å². The van der Waals surface area contributed by atoms with Crippen molar-refractivity contribution in [2.24, 2.45) is 0 Å². The molecule has 1 heterocycles. The van der Waals surface area contributed by atoms with E-state index in [0.29, 0.717) is 13.0 Å². The molecule has 3 heteroatoms. The van der Waals surface area contributed by atoms with Crippen molar-refractivity contribution < 1.29 is 9.52 Å². The topological polar surface area (TPSA) is 45.4 Å². The SMILES string of the molecule is CCc1cccc2cc(CC(O)CNC(C)(C)C)oc12. The zero-order chi connectivity index (χ0) is 14.8. The third-order valence-electron chi connectivity index (χ3n) is 3.36. The fourth-order valence-corrected chi connectivity index (χ4v) is 2.28. The first-order valence-electron chi connectivity index (χ1n) is 7.32. The van der Waals surface area contributed by atoms with Crippen molar-refractivity contribution in [1.29, 1.82) is 0 Å². The van der Waals surface area contributed by atoms with Crippen LogP contribution in [0.1, 0.15) is 39.0 Å². The van der Waals surface area contributed by atoms with Crippen molar-refractivity contribution in [1.82, 2.24) is 5.32 Å². The molecule has 0 saturated heterocycles. The Labute approximate surface area is 121 Å².